The summed E-state index contributed by atoms with van der Waals surface area (Å²) in [5, 5.41) is 3.19. The summed E-state index contributed by atoms with van der Waals surface area (Å²) >= 11 is 0. The van der Waals surface area contributed by atoms with Crippen molar-refractivity contribution in [2.24, 2.45) is 5.92 Å². The molecule has 1 fully saturated rings. The van der Waals surface area contributed by atoms with E-state index < -0.39 is 0 Å². The Balaban J connectivity index is 1.86. The Hall–Kier alpha value is -1.36. The first kappa shape index (κ1) is 16.0. The first-order chi connectivity index (χ1) is 10.1. The molecule has 1 aromatic heterocycles. The minimum Gasteiger partial charge on any atom is -0.364 e. The molecule has 1 aliphatic rings. The zero-order chi connectivity index (χ0) is 15.2. The van der Waals surface area contributed by atoms with Crippen LogP contribution in [0.25, 0.3) is 0 Å². The average Bonchev–Trinajstić information content (AvgIpc) is 2.96. The van der Waals surface area contributed by atoms with Gasteiger partial charge in [-0.05, 0) is 25.8 Å². The van der Waals surface area contributed by atoms with Crippen molar-refractivity contribution in [2.75, 3.05) is 25.5 Å². The van der Waals surface area contributed by atoms with Gasteiger partial charge in [0.25, 0.3) is 5.56 Å². The molecular formula is C16H28N4O. The standard InChI is InChI=1S/C16H28N4O/c1-13(2)12-20-11-9-18-15(16(20)21)17-8-10-19(3)14-6-4-5-7-14/h9,11,13-14H,4-8,10,12H2,1-3H3,(H,17,18). The van der Waals surface area contributed by atoms with Crippen LogP contribution >= 0.6 is 0 Å². The van der Waals surface area contributed by atoms with Gasteiger partial charge < -0.3 is 14.8 Å². The second-order valence-corrected chi connectivity index (χ2v) is 6.47. The number of rotatable bonds is 7. The quantitative estimate of drug-likeness (QED) is 0.837. The van der Waals surface area contributed by atoms with Gasteiger partial charge in [0.1, 0.15) is 0 Å². The van der Waals surface area contributed by atoms with Gasteiger partial charge in [-0.1, -0.05) is 26.7 Å². The van der Waals surface area contributed by atoms with Crippen LogP contribution in [-0.4, -0.2) is 40.6 Å². The van der Waals surface area contributed by atoms with E-state index in [4.69, 9.17) is 0 Å². The van der Waals surface area contributed by atoms with Crippen molar-refractivity contribution >= 4 is 5.82 Å². The van der Waals surface area contributed by atoms with Crippen LogP contribution in [0.4, 0.5) is 5.82 Å². The summed E-state index contributed by atoms with van der Waals surface area (Å²) in [5.41, 5.74) is -0.0188. The molecule has 0 unspecified atom stereocenters. The largest absolute Gasteiger partial charge is 0.364 e. The SMILES string of the molecule is CC(C)Cn1ccnc(NCCN(C)C2CCCC2)c1=O. The first-order valence-electron chi connectivity index (χ1n) is 8.07. The van der Waals surface area contributed by atoms with E-state index in [0.717, 1.165) is 19.6 Å². The third kappa shape index (κ3) is 4.56. The van der Waals surface area contributed by atoms with Gasteiger partial charge in [-0.2, -0.15) is 0 Å². The Morgan fingerprint density at radius 2 is 2.14 bits per heavy atom. The smallest absolute Gasteiger partial charge is 0.293 e. The van der Waals surface area contributed by atoms with E-state index in [1.807, 2.05) is 0 Å². The predicted molar refractivity (Wildman–Crippen MR) is 86.7 cm³/mol. The molecule has 0 aliphatic heterocycles. The average molecular weight is 292 g/mol. The van der Waals surface area contributed by atoms with E-state index in [2.05, 4.69) is 36.1 Å². The van der Waals surface area contributed by atoms with Crippen LogP contribution in [0.2, 0.25) is 0 Å². The van der Waals surface area contributed by atoms with E-state index in [1.165, 1.54) is 25.7 Å². The topological polar surface area (TPSA) is 50.2 Å². The van der Waals surface area contributed by atoms with Crippen molar-refractivity contribution in [3.63, 3.8) is 0 Å². The van der Waals surface area contributed by atoms with Crippen LogP contribution in [0.5, 0.6) is 0 Å². The van der Waals surface area contributed by atoms with Crippen molar-refractivity contribution in [2.45, 2.75) is 52.1 Å². The molecule has 0 spiro atoms. The number of aromatic nitrogens is 2. The number of nitrogens with zero attached hydrogens (tertiary/aromatic N) is 3. The highest BCUT2D eigenvalue weighted by molar-refractivity contribution is 5.30. The summed E-state index contributed by atoms with van der Waals surface area (Å²) in [6.45, 7) is 6.66. The van der Waals surface area contributed by atoms with E-state index in [0.29, 0.717) is 17.8 Å². The Bertz CT molecular complexity index is 491. The summed E-state index contributed by atoms with van der Waals surface area (Å²) in [7, 11) is 2.17. The van der Waals surface area contributed by atoms with Crippen molar-refractivity contribution in [1.29, 1.82) is 0 Å². The third-order valence-corrected chi connectivity index (χ3v) is 4.18. The van der Waals surface area contributed by atoms with Crippen molar-refractivity contribution in [3.8, 4) is 0 Å². The van der Waals surface area contributed by atoms with Crippen LogP contribution in [-0.2, 0) is 6.54 Å². The molecule has 5 heteroatoms. The fourth-order valence-corrected chi connectivity index (χ4v) is 2.98. The van der Waals surface area contributed by atoms with Gasteiger partial charge in [-0.3, -0.25) is 4.79 Å². The Morgan fingerprint density at radius 1 is 1.43 bits per heavy atom. The molecule has 0 radical (unpaired) electrons. The maximum atomic E-state index is 12.3. The Morgan fingerprint density at radius 3 is 2.81 bits per heavy atom. The van der Waals surface area contributed by atoms with Gasteiger partial charge in [0.05, 0.1) is 0 Å². The molecule has 0 bridgehead atoms. The summed E-state index contributed by atoms with van der Waals surface area (Å²) in [6.07, 6.45) is 8.78. The molecule has 21 heavy (non-hydrogen) atoms. The molecule has 1 N–H and O–H groups in total. The normalized spacial score (nSPS) is 16.0. The van der Waals surface area contributed by atoms with E-state index in [9.17, 15) is 4.79 Å². The minimum atomic E-state index is -0.0188. The van der Waals surface area contributed by atoms with E-state index >= 15 is 0 Å². The monoisotopic (exact) mass is 292 g/mol. The molecule has 2 rings (SSSR count). The van der Waals surface area contributed by atoms with E-state index in [1.54, 1.807) is 17.0 Å². The molecule has 1 saturated carbocycles. The first-order valence-corrected chi connectivity index (χ1v) is 8.07. The lowest BCUT2D eigenvalue weighted by Crippen LogP contribution is -2.34. The minimum absolute atomic E-state index is 0.0188. The van der Waals surface area contributed by atoms with Gasteiger partial charge in [-0.15, -0.1) is 0 Å². The zero-order valence-electron chi connectivity index (χ0n) is 13.5. The molecule has 0 saturated heterocycles. The van der Waals surface area contributed by atoms with Gasteiger partial charge in [-0.25, -0.2) is 4.98 Å². The molecule has 0 atom stereocenters. The zero-order valence-corrected chi connectivity index (χ0v) is 13.5. The maximum absolute atomic E-state index is 12.3. The second-order valence-electron chi connectivity index (χ2n) is 6.47. The molecule has 0 amide bonds. The summed E-state index contributed by atoms with van der Waals surface area (Å²) in [6, 6.07) is 0.716. The molecule has 0 aromatic carbocycles. The number of likely N-dealkylation sites (N-methyl/N-ethyl adjacent to an activating group) is 1. The molecule has 1 heterocycles. The lowest BCUT2D eigenvalue weighted by molar-refractivity contribution is 0.254. The molecule has 1 aliphatic carbocycles. The van der Waals surface area contributed by atoms with Gasteiger partial charge in [0, 0.05) is 38.1 Å². The molecular weight excluding hydrogens is 264 g/mol. The van der Waals surface area contributed by atoms with Crippen LogP contribution in [0, 0.1) is 5.92 Å². The van der Waals surface area contributed by atoms with Gasteiger partial charge in [0.15, 0.2) is 5.82 Å². The predicted octanol–water partition coefficient (Wildman–Crippen LogP) is 2.19. The highest BCUT2D eigenvalue weighted by Gasteiger charge is 2.18. The fraction of sp³-hybridized carbons (Fsp3) is 0.750. The Labute approximate surface area is 127 Å². The lowest BCUT2D eigenvalue weighted by Gasteiger charge is -2.24. The highest BCUT2D eigenvalue weighted by Crippen LogP contribution is 2.21. The number of anilines is 1. The van der Waals surface area contributed by atoms with Crippen molar-refractivity contribution in [1.82, 2.24) is 14.5 Å². The van der Waals surface area contributed by atoms with Crippen LogP contribution in [0.1, 0.15) is 39.5 Å². The second kappa shape index (κ2) is 7.59. The number of nitrogens with one attached hydrogen (secondary N) is 1. The molecule has 5 nitrogen and oxygen atoms in total. The number of hydrogen-bond donors (Lipinski definition) is 1. The van der Waals surface area contributed by atoms with Crippen molar-refractivity contribution < 1.29 is 0 Å². The maximum Gasteiger partial charge on any atom is 0.293 e. The third-order valence-electron chi connectivity index (χ3n) is 4.18. The highest BCUT2D eigenvalue weighted by atomic mass is 16.1. The van der Waals surface area contributed by atoms with Gasteiger partial charge in [0.2, 0.25) is 0 Å². The molecule has 1 aromatic rings. The van der Waals surface area contributed by atoms with E-state index in [-0.39, 0.29) is 5.56 Å². The summed E-state index contributed by atoms with van der Waals surface area (Å²) in [5.74, 6) is 0.921. The van der Waals surface area contributed by atoms with Gasteiger partial charge >= 0.3 is 0 Å². The lowest BCUT2D eigenvalue weighted by atomic mass is 10.2. The Kier molecular flexibility index (Phi) is 5.79. The van der Waals surface area contributed by atoms with Crippen LogP contribution < -0.4 is 10.9 Å². The number of hydrogen-bond acceptors (Lipinski definition) is 4. The fourth-order valence-electron chi connectivity index (χ4n) is 2.98. The van der Waals surface area contributed by atoms with Crippen LogP contribution in [0.3, 0.4) is 0 Å². The summed E-state index contributed by atoms with van der Waals surface area (Å²) in [4.78, 5) is 18.8. The van der Waals surface area contributed by atoms with Crippen LogP contribution in [0.15, 0.2) is 17.2 Å². The molecule has 118 valence electrons. The van der Waals surface area contributed by atoms with Crippen molar-refractivity contribution in [3.05, 3.63) is 22.7 Å². The summed E-state index contributed by atoms with van der Waals surface area (Å²) < 4.78 is 1.74.